The largest absolute Gasteiger partial charge is 0.497 e. The van der Waals surface area contributed by atoms with Crippen molar-refractivity contribution in [1.29, 1.82) is 0 Å². The van der Waals surface area contributed by atoms with Gasteiger partial charge in [-0.1, -0.05) is 29.8 Å². The minimum absolute atomic E-state index is 0.799. The van der Waals surface area contributed by atoms with E-state index in [1.54, 1.807) is 14.2 Å². The van der Waals surface area contributed by atoms with Gasteiger partial charge in [0.2, 0.25) is 0 Å². The minimum atomic E-state index is 0.799. The first kappa shape index (κ1) is 18.3. The average Bonchev–Trinajstić information content (AvgIpc) is 2.69. The first-order valence-electron chi connectivity index (χ1n) is 8.97. The quantitative estimate of drug-likeness (QED) is 0.748. The summed E-state index contributed by atoms with van der Waals surface area (Å²) in [5.41, 5.74) is 3.60. The van der Waals surface area contributed by atoms with E-state index in [1.165, 1.54) is 11.1 Å². The van der Waals surface area contributed by atoms with Crippen molar-refractivity contribution in [3.63, 3.8) is 0 Å². The molecule has 0 aliphatic carbocycles. The van der Waals surface area contributed by atoms with Crippen molar-refractivity contribution < 1.29 is 9.47 Å². The maximum absolute atomic E-state index is 5.40. The average molecular weight is 353 g/mol. The molecule has 1 heterocycles. The van der Waals surface area contributed by atoms with Crippen molar-refractivity contribution in [2.75, 3.05) is 40.4 Å². The fraction of sp³-hybridized carbons (Fsp3) is 0.381. The molecule has 2 aromatic carbocycles. The van der Waals surface area contributed by atoms with Crippen LogP contribution in [0.2, 0.25) is 0 Å². The molecule has 5 nitrogen and oxygen atoms in total. The van der Waals surface area contributed by atoms with Crippen LogP contribution >= 0.6 is 0 Å². The second kappa shape index (κ2) is 8.72. The maximum Gasteiger partial charge on any atom is 0.127 e. The van der Waals surface area contributed by atoms with Gasteiger partial charge >= 0.3 is 0 Å². The molecule has 0 saturated carbocycles. The SMILES string of the molecule is COc1ccc(OC)c(/C=N/N2CCN(Cc3ccc(C)cc3)CC2)c1. The van der Waals surface area contributed by atoms with Crippen LogP contribution in [-0.2, 0) is 6.54 Å². The Bertz CT molecular complexity index is 735. The molecule has 0 atom stereocenters. The lowest BCUT2D eigenvalue weighted by Gasteiger charge is -2.33. The van der Waals surface area contributed by atoms with E-state index < -0.39 is 0 Å². The number of hydrogen-bond acceptors (Lipinski definition) is 5. The van der Waals surface area contributed by atoms with Gasteiger partial charge in [0.05, 0.1) is 20.4 Å². The third-order valence-electron chi connectivity index (χ3n) is 4.67. The van der Waals surface area contributed by atoms with Gasteiger partial charge < -0.3 is 9.47 Å². The third kappa shape index (κ3) is 4.76. The van der Waals surface area contributed by atoms with E-state index in [1.807, 2.05) is 24.4 Å². The Morgan fingerprint density at radius 2 is 1.69 bits per heavy atom. The van der Waals surface area contributed by atoms with Crippen molar-refractivity contribution in [3.05, 3.63) is 59.2 Å². The van der Waals surface area contributed by atoms with Gasteiger partial charge in [-0.05, 0) is 30.7 Å². The van der Waals surface area contributed by atoms with Gasteiger partial charge in [-0.15, -0.1) is 0 Å². The van der Waals surface area contributed by atoms with E-state index >= 15 is 0 Å². The summed E-state index contributed by atoms with van der Waals surface area (Å²) in [6, 6.07) is 14.5. The summed E-state index contributed by atoms with van der Waals surface area (Å²) in [4.78, 5) is 2.48. The second-order valence-corrected chi connectivity index (χ2v) is 6.57. The van der Waals surface area contributed by atoms with Crippen molar-refractivity contribution in [3.8, 4) is 11.5 Å². The van der Waals surface area contributed by atoms with Crippen molar-refractivity contribution in [2.24, 2.45) is 5.10 Å². The highest BCUT2D eigenvalue weighted by atomic mass is 16.5. The number of aryl methyl sites for hydroxylation is 1. The van der Waals surface area contributed by atoms with Gasteiger partial charge in [-0.25, -0.2) is 0 Å². The molecule has 0 amide bonds. The number of hydrazone groups is 1. The number of methoxy groups -OCH3 is 2. The first-order chi connectivity index (χ1) is 12.7. The number of hydrogen-bond donors (Lipinski definition) is 0. The van der Waals surface area contributed by atoms with Crippen molar-refractivity contribution in [2.45, 2.75) is 13.5 Å². The van der Waals surface area contributed by atoms with Gasteiger partial charge in [0, 0.05) is 38.3 Å². The smallest absolute Gasteiger partial charge is 0.127 e. The molecule has 0 spiro atoms. The number of nitrogens with zero attached hydrogens (tertiary/aromatic N) is 3. The predicted octanol–water partition coefficient (Wildman–Crippen LogP) is 3.16. The van der Waals surface area contributed by atoms with Crippen LogP contribution in [0.5, 0.6) is 11.5 Å². The summed E-state index contributed by atoms with van der Waals surface area (Å²) >= 11 is 0. The van der Waals surface area contributed by atoms with Crippen LogP contribution in [0.1, 0.15) is 16.7 Å². The predicted molar refractivity (Wildman–Crippen MR) is 105 cm³/mol. The molecule has 0 radical (unpaired) electrons. The summed E-state index contributed by atoms with van der Waals surface area (Å²) in [6.45, 7) is 7.00. The molecule has 2 aromatic rings. The van der Waals surface area contributed by atoms with Gasteiger partial charge in [-0.3, -0.25) is 9.91 Å². The molecule has 3 rings (SSSR count). The lowest BCUT2D eigenvalue weighted by atomic mass is 10.1. The van der Waals surface area contributed by atoms with E-state index in [0.29, 0.717) is 0 Å². The Labute approximate surface area is 155 Å². The van der Waals surface area contributed by atoms with Gasteiger partial charge in [0.1, 0.15) is 11.5 Å². The highest BCUT2D eigenvalue weighted by Gasteiger charge is 2.15. The number of piperazine rings is 1. The summed E-state index contributed by atoms with van der Waals surface area (Å²) < 4.78 is 10.7. The lowest BCUT2D eigenvalue weighted by Crippen LogP contribution is -2.43. The van der Waals surface area contributed by atoms with E-state index in [-0.39, 0.29) is 0 Å². The summed E-state index contributed by atoms with van der Waals surface area (Å²) in [5, 5.41) is 6.75. The van der Waals surface area contributed by atoms with Crippen LogP contribution in [0.4, 0.5) is 0 Å². The van der Waals surface area contributed by atoms with Crippen molar-refractivity contribution >= 4 is 6.21 Å². The molecule has 26 heavy (non-hydrogen) atoms. The molecular weight excluding hydrogens is 326 g/mol. The highest BCUT2D eigenvalue weighted by molar-refractivity contribution is 5.84. The number of rotatable bonds is 6. The zero-order valence-corrected chi connectivity index (χ0v) is 15.8. The van der Waals surface area contributed by atoms with Gasteiger partial charge in [0.25, 0.3) is 0 Å². The molecule has 0 unspecified atom stereocenters. The van der Waals surface area contributed by atoms with Crippen molar-refractivity contribution in [1.82, 2.24) is 9.91 Å². The summed E-state index contributed by atoms with van der Waals surface area (Å²) in [7, 11) is 3.33. The molecule has 0 N–H and O–H groups in total. The highest BCUT2D eigenvalue weighted by Crippen LogP contribution is 2.22. The summed E-state index contributed by atoms with van der Waals surface area (Å²) in [5.74, 6) is 1.60. The Morgan fingerprint density at radius 3 is 2.35 bits per heavy atom. The van der Waals surface area contributed by atoms with E-state index in [0.717, 1.165) is 49.8 Å². The fourth-order valence-corrected chi connectivity index (χ4v) is 3.05. The molecule has 1 aliphatic rings. The molecule has 138 valence electrons. The summed E-state index contributed by atoms with van der Waals surface area (Å²) in [6.07, 6.45) is 1.86. The lowest BCUT2D eigenvalue weighted by molar-refractivity contribution is 0.131. The minimum Gasteiger partial charge on any atom is -0.497 e. The Hall–Kier alpha value is -2.53. The van der Waals surface area contributed by atoms with Crippen LogP contribution in [0.3, 0.4) is 0 Å². The molecule has 1 fully saturated rings. The Balaban J connectivity index is 1.55. The van der Waals surface area contributed by atoms with Gasteiger partial charge in [-0.2, -0.15) is 5.10 Å². The van der Waals surface area contributed by atoms with Crippen LogP contribution in [0.15, 0.2) is 47.6 Å². The molecular formula is C21H27N3O2. The van der Waals surface area contributed by atoms with Gasteiger partial charge in [0.15, 0.2) is 0 Å². The topological polar surface area (TPSA) is 37.3 Å². The monoisotopic (exact) mass is 353 g/mol. The third-order valence-corrected chi connectivity index (χ3v) is 4.67. The second-order valence-electron chi connectivity index (χ2n) is 6.57. The molecule has 0 bridgehead atoms. The van der Waals surface area contributed by atoms with E-state index in [4.69, 9.17) is 9.47 Å². The molecule has 0 aromatic heterocycles. The number of benzene rings is 2. The van der Waals surface area contributed by atoms with Crippen LogP contribution in [0.25, 0.3) is 0 Å². The molecule has 1 aliphatic heterocycles. The van der Waals surface area contributed by atoms with Crippen LogP contribution in [-0.4, -0.2) is 56.5 Å². The van der Waals surface area contributed by atoms with E-state index in [2.05, 4.69) is 46.2 Å². The zero-order chi connectivity index (χ0) is 18.4. The zero-order valence-electron chi connectivity index (χ0n) is 15.8. The normalized spacial score (nSPS) is 15.4. The Kier molecular flexibility index (Phi) is 6.12. The fourth-order valence-electron chi connectivity index (χ4n) is 3.05. The van der Waals surface area contributed by atoms with Crippen LogP contribution < -0.4 is 9.47 Å². The first-order valence-corrected chi connectivity index (χ1v) is 8.97. The number of ether oxygens (including phenoxy) is 2. The molecule has 1 saturated heterocycles. The Morgan fingerprint density at radius 1 is 0.962 bits per heavy atom. The van der Waals surface area contributed by atoms with Crippen LogP contribution in [0, 0.1) is 6.92 Å². The standard InChI is InChI=1S/C21H27N3O2/c1-17-4-6-18(7-5-17)16-23-10-12-24(13-11-23)22-15-19-14-20(25-2)8-9-21(19)26-3/h4-9,14-15H,10-13,16H2,1-3H3/b22-15+. The molecule has 5 heteroatoms. The van der Waals surface area contributed by atoms with E-state index in [9.17, 15) is 0 Å². The maximum atomic E-state index is 5.40.